The first kappa shape index (κ1) is 21.1. The average Bonchev–Trinajstić information content (AvgIpc) is 3.22. The van der Waals surface area contributed by atoms with E-state index in [0.717, 1.165) is 24.0 Å². The number of hydrogen-bond acceptors (Lipinski definition) is 4. The molecule has 4 aliphatic heterocycles. The van der Waals surface area contributed by atoms with Gasteiger partial charge in [0.15, 0.2) is 0 Å². The molecule has 0 unspecified atom stereocenters. The van der Waals surface area contributed by atoms with Crippen LogP contribution in [0.15, 0.2) is 0 Å². The van der Waals surface area contributed by atoms with Crippen molar-refractivity contribution in [3.05, 3.63) is 0 Å². The van der Waals surface area contributed by atoms with E-state index in [1.165, 1.54) is 77.9 Å². The van der Waals surface area contributed by atoms with Crippen LogP contribution in [0.1, 0.15) is 73.6 Å². The van der Waals surface area contributed by atoms with Crippen LogP contribution in [0.25, 0.3) is 0 Å². The van der Waals surface area contributed by atoms with Crippen LogP contribution in [0.5, 0.6) is 0 Å². The van der Waals surface area contributed by atoms with E-state index in [1.807, 2.05) is 0 Å². The smallest absolute Gasteiger partial charge is 0.0244 e. The molecule has 0 spiro atoms. The van der Waals surface area contributed by atoms with Gasteiger partial charge < -0.3 is 4.90 Å². The summed E-state index contributed by atoms with van der Waals surface area (Å²) in [5, 5.41) is 0. The second kappa shape index (κ2) is 7.83. The quantitative estimate of drug-likeness (QED) is 0.731. The zero-order valence-corrected chi connectivity index (χ0v) is 19.6. The number of fused-ring (bicyclic) bond motifs is 2. The van der Waals surface area contributed by atoms with Crippen LogP contribution >= 0.6 is 0 Å². The maximum Gasteiger partial charge on any atom is 0.0244 e. The lowest BCUT2D eigenvalue weighted by Crippen LogP contribution is -2.55. The Bertz CT molecular complexity index is 518. The lowest BCUT2D eigenvalue weighted by atomic mass is 9.91. The highest BCUT2D eigenvalue weighted by Gasteiger charge is 2.47. The lowest BCUT2D eigenvalue weighted by Gasteiger charge is -2.46. The Morgan fingerprint density at radius 3 is 1.82 bits per heavy atom. The minimum absolute atomic E-state index is 0.343. The summed E-state index contributed by atoms with van der Waals surface area (Å²) in [6, 6.07) is 2.50. The third kappa shape index (κ3) is 4.45. The molecule has 4 heteroatoms. The van der Waals surface area contributed by atoms with Crippen LogP contribution < -0.4 is 0 Å². The predicted octanol–water partition coefficient (Wildman–Crippen LogP) is 3.52. The molecule has 28 heavy (non-hydrogen) atoms. The lowest BCUT2D eigenvalue weighted by molar-refractivity contribution is 0.0261. The molecule has 2 bridgehead atoms. The molecular formula is C24H46N4. The Hall–Kier alpha value is -0.160. The van der Waals surface area contributed by atoms with Gasteiger partial charge in [0, 0.05) is 61.9 Å². The molecule has 4 nitrogen and oxygen atoms in total. The van der Waals surface area contributed by atoms with Gasteiger partial charge in [0.1, 0.15) is 0 Å². The number of piperidine rings is 2. The summed E-state index contributed by atoms with van der Waals surface area (Å²) in [4.78, 5) is 11.1. The molecule has 4 aliphatic rings. The first-order valence-electron chi connectivity index (χ1n) is 12.1. The first-order chi connectivity index (χ1) is 13.1. The zero-order chi connectivity index (χ0) is 20.1. The maximum absolute atomic E-state index is 2.86. The molecule has 4 rings (SSSR count). The van der Waals surface area contributed by atoms with E-state index in [9.17, 15) is 0 Å². The summed E-state index contributed by atoms with van der Waals surface area (Å²) in [6.45, 7) is 23.5. The van der Waals surface area contributed by atoms with Gasteiger partial charge in [-0.15, -0.1) is 0 Å². The highest BCUT2D eigenvalue weighted by molar-refractivity contribution is 5.03. The molecular weight excluding hydrogens is 344 g/mol. The van der Waals surface area contributed by atoms with Crippen molar-refractivity contribution in [1.82, 2.24) is 19.6 Å². The van der Waals surface area contributed by atoms with Crippen molar-refractivity contribution < 1.29 is 0 Å². The molecule has 4 fully saturated rings. The minimum atomic E-state index is 0.343. The molecule has 0 aromatic rings. The van der Waals surface area contributed by atoms with Crippen molar-refractivity contribution in [2.75, 3.05) is 45.8 Å². The summed E-state index contributed by atoms with van der Waals surface area (Å²) in [6.07, 6.45) is 7.02. The predicted molar refractivity (Wildman–Crippen MR) is 119 cm³/mol. The van der Waals surface area contributed by atoms with Crippen LogP contribution in [-0.4, -0.2) is 94.6 Å². The Morgan fingerprint density at radius 1 is 0.679 bits per heavy atom. The molecule has 162 valence electrons. The first-order valence-corrected chi connectivity index (χ1v) is 12.1. The van der Waals surface area contributed by atoms with E-state index in [1.54, 1.807) is 0 Å². The van der Waals surface area contributed by atoms with Crippen molar-refractivity contribution in [3.63, 3.8) is 0 Å². The standard InChI is InChI=1S/C24H46N4/c1-23(2,3)27-13-9-20(10-14-27)25-11-7-19(8-12-25)16-26-17-22-15-21(26)18-28(22)24(4,5)6/h19-22H,7-18H2,1-6H3/t21-,22-/m1/s1. The van der Waals surface area contributed by atoms with Gasteiger partial charge in [-0.2, -0.15) is 0 Å². The van der Waals surface area contributed by atoms with E-state index in [0.29, 0.717) is 11.1 Å². The zero-order valence-electron chi connectivity index (χ0n) is 19.6. The Morgan fingerprint density at radius 2 is 1.32 bits per heavy atom. The molecule has 2 atom stereocenters. The average molecular weight is 391 g/mol. The van der Waals surface area contributed by atoms with Crippen molar-refractivity contribution in [2.24, 2.45) is 5.92 Å². The van der Waals surface area contributed by atoms with E-state index in [4.69, 9.17) is 0 Å². The van der Waals surface area contributed by atoms with Crippen LogP contribution in [0, 0.1) is 5.92 Å². The third-order valence-corrected chi connectivity index (χ3v) is 8.29. The molecule has 0 radical (unpaired) electrons. The summed E-state index contributed by atoms with van der Waals surface area (Å²) in [7, 11) is 0. The summed E-state index contributed by atoms with van der Waals surface area (Å²) in [5.74, 6) is 0.938. The van der Waals surface area contributed by atoms with Crippen LogP contribution in [0.3, 0.4) is 0 Å². The van der Waals surface area contributed by atoms with E-state index >= 15 is 0 Å². The molecule has 0 saturated carbocycles. The largest absolute Gasteiger partial charge is 0.300 e. The van der Waals surface area contributed by atoms with Crippen LogP contribution in [0.2, 0.25) is 0 Å². The molecule has 0 N–H and O–H groups in total. The van der Waals surface area contributed by atoms with Crippen LogP contribution in [-0.2, 0) is 0 Å². The summed E-state index contributed by atoms with van der Waals surface area (Å²) < 4.78 is 0. The van der Waals surface area contributed by atoms with Gasteiger partial charge in [-0.25, -0.2) is 0 Å². The van der Waals surface area contributed by atoms with Crippen molar-refractivity contribution >= 4 is 0 Å². The maximum atomic E-state index is 2.86. The minimum Gasteiger partial charge on any atom is -0.300 e. The molecule has 4 saturated heterocycles. The fraction of sp³-hybridized carbons (Fsp3) is 1.00. The number of rotatable bonds is 3. The normalized spacial score (nSPS) is 33.2. The van der Waals surface area contributed by atoms with Gasteiger partial charge in [-0.3, -0.25) is 14.7 Å². The highest BCUT2D eigenvalue weighted by atomic mass is 15.4. The van der Waals surface area contributed by atoms with Gasteiger partial charge in [0.25, 0.3) is 0 Å². The molecule has 0 aromatic heterocycles. The van der Waals surface area contributed by atoms with E-state index in [-0.39, 0.29) is 0 Å². The van der Waals surface area contributed by atoms with Gasteiger partial charge >= 0.3 is 0 Å². The van der Waals surface area contributed by atoms with Crippen molar-refractivity contribution in [2.45, 2.75) is 103 Å². The molecule has 0 aliphatic carbocycles. The van der Waals surface area contributed by atoms with Gasteiger partial charge in [-0.05, 0) is 92.7 Å². The Labute approximate surface area is 174 Å². The Kier molecular flexibility index (Phi) is 5.90. The SMILES string of the molecule is CC(C)(C)N1CCC(N2CCC(CN3C[C@H]4C[C@@H]3CN4C(C)(C)C)CC2)CC1. The molecule has 0 aromatic carbocycles. The number of hydrogen-bond donors (Lipinski definition) is 0. The van der Waals surface area contributed by atoms with E-state index in [2.05, 4.69) is 61.1 Å². The fourth-order valence-corrected chi connectivity index (χ4v) is 6.53. The second-order valence-corrected chi connectivity index (χ2v) is 12.2. The van der Waals surface area contributed by atoms with Crippen molar-refractivity contribution in [3.8, 4) is 0 Å². The molecule has 0 amide bonds. The fourth-order valence-electron chi connectivity index (χ4n) is 6.53. The van der Waals surface area contributed by atoms with Gasteiger partial charge in [0.05, 0.1) is 0 Å². The highest BCUT2D eigenvalue weighted by Crippen LogP contribution is 2.37. The van der Waals surface area contributed by atoms with Gasteiger partial charge in [0.2, 0.25) is 0 Å². The number of piperazine rings is 1. The van der Waals surface area contributed by atoms with Gasteiger partial charge in [-0.1, -0.05) is 0 Å². The van der Waals surface area contributed by atoms with Crippen LogP contribution in [0.4, 0.5) is 0 Å². The number of nitrogens with zero attached hydrogens (tertiary/aromatic N) is 4. The number of likely N-dealkylation sites (tertiary alicyclic amines) is 4. The monoisotopic (exact) mass is 390 g/mol. The Balaban J connectivity index is 1.19. The summed E-state index contributed by atoms with van der Waals surface area (Å²) >= 11 is 0. The second-order valence-electron chi connectivity index (χ2n) is 12.2. The van der Waals surface area contributed by atoms with Crippen molar-refractivity contribution in [1.29, 1.82) is 0 Å². The molecule has 4 heterocycles. The topological polar surface area (TPSA) is 13.0 Å². The summed E-state index contributed by atoms with van der Waals surface area (Å²) in [5.41, 5.74) is 0.690. The third-order valence-electron chi connectivity index (χ3n) is 8.29. The van der Waals surface area contributed by atoms with E-state index < -0.39 is 0 Å².